The van der Waals surface area contributed by atoms with Crippen molar-refractivity contribution in [2.75, 3.05) is 6.54 Å². The fraction of sp³-hybridized carbons (Fsp3) is 0.200. The molecule has 0 amide bonds. The van der Waals surface area contributed by atoms with Crippen molar-refractivity contribution in [2.24, 2.45) is 0 Å². The quantitative estimate of drug-likeness (QED) is 0.765. The molecule has 2 aromatic rings. The molecule has 0 saturated heterocycles. The van der Waals surface area contributed by atoms with Crippen molar-refractivity contribution in [1.29, 1.82) is 0 Å². The Morgan fingerprint density at radius 1 is 1.05 bits per heavy atom. The van der Waals surface area contributed by atoms with Crippen LogP contribution in [0.25, 0.3) is 0 Å². The number of benzene rings is 2. The zero-order chi connectivity index (χ0) is 13.8. The molecule has 1 N–H and O–H groups in total. The van der Waals surface area contributed by atoms with Crippen molar-refractivity contribution < 1.29 is 0 Å². The zero-order valence-electron chi connectivity index (χ0n) is 10.5. The van der Waals surface area contributed by atoms with Crippen molar-refractivity contribution in [1.82, 2.24) is 5.32 Å². The van der Waals surface area contributed by atoms with E-state index in [1.165, 1.54) is 5.56 Å². The van der Waals surface area contributed by atoms with Crippen LogP contribution in [-0.2, 0) is 0 Å². The molecule has 0 heterocycles. The van der Waals surface area contributed by atoms with Crippen LogP contribution in [0.5, 0.6) is 0 Å². The first-order valence-electron chi connectivity index (χ1n) is 6.05. The predicted octanol–water partition coefficient (Wildman–Crippen LogP) is 5.45. The van der Waals surface area contributed by atoms with Crippen LogP contribution >= 0.6 is 39.1 Å². The number of rotatable bonds is 4. The third-order valence-electron chi connectivity index (χ3n) is 2.87. The number of nitrogens with one attached hydrogen (secondary N) is 1. The first-order valence-corrected chi connectivity index (χ1v) is 7.60. The Labute approximate surface area is 132 Å². The van der Waals surface area contributed by atoms with Crippen molar-refractivity contribution in [3.8, 4) is 0 Å². The van der Waals surface area contributed by atoms with Crippen LogP contribution in [0.2, 0.25) is 10.0 Å². The topological polar surface area (TPSA) is 12.0 Å². The van der Waals surface area contributed by atoms with Gasteiger partial charge in [-0.2, -0.15) is 0 Å². The van der Waals surface area contributed by atoms with E-state index in [4.69, 9.17) is 23.2 Å². The first kappa shape index (κ1) is 14.9. The molecule has 0 aromatic heterocycles. The fourth-order valence-corrected chi connectivity index (χ4v) is 2.73. The summed E-state index contributed by atoms with van der Waals surface area (Å²) in [5.74, 6) is 0. The number of hydrogen-bond donors (Lipinski definition) is 1. The number of hydrogen-bond acceptors (Lipinski definition) is 1. The molecule has 1 atom stereocenters. The van der Waals surface area contributed by atoms with Gasteiger partial charge in [0.25, 0.3) is 0 Å². The van der Waals surface area contributed by atoms with Gasteiger partial charge in [-0.15, -0.1) is 0 Å². The minimum atomic E-state index is 0.109. The van der Waals surface area contributed by atoms with Crippen LogP contribution in [0.15, 0.2) is 46.9 Å². The number of halogens is 3. The molecule has 0 saturated carbocycles. The van der Waals surface area contributed by atoms with E-state index in [0.29, 0.717) is 10.0 Å². The van der Waals surface area contributed by atoms with E-state index in [9.17, 15) is 0 Å². The maximum atomic E-state index is 6.11. The second-order valence-corrected chi connectivity index (χ2v) is 5.95. The Morgan fingerprint density at radius 3 is 2.42 bits per heavy atom. The van der Waals surface area contributed by atoms with Crippen LogP contribution in [0.3, 0.4) is 0 Å². The Bertz CT molecular complexity index is 572. The monoisotopic (exact) mass is 357 g/mol. The van der Waals surface area contributed by atoms with Crippen LogP contribution in [0.1, 0.15) is 24.1 Å². The van der Waals surface area contributed by atoms with Gasteiger partial charge in [-0.3, -0.25) is 0 Å². The maximum Gasteiger partial charge on any atom is 0.0595 e. The third-order valence-corrected chi connectivity index (χ3v) is 4.10. The van der Waals surface area contributed by atoms with Gasteiger partial charge >= 0.3 is 0 Å². The Hall–Kier alpha value is -0.540. The SMILES string of the molecule is CCNC(c1cccc(Br)c1)c1ccc(Cl)c(Cl)c1. The normalized spacial score (nSPS) is 12.4. The van der Waals surface area contributed by atoms with E-state index < -0.39 is 0 Å². The lowest BCUT2D eigenvalue weighted by Gasteiger charge is -2.19. The molecule has 2 aromatic carbocycles. The smallest absolute Gasteiger partial charge is 0.0595 e. The average molecular weight is 359 g/mol. The summed E-state index contributed by atoms with van der Waals surface area (Å²) in [4.78, 5) is 0. The highest BCUT2D eigenvalue weighted by atomic mass is 79.9. The molecule has 1 nitrogen and oxygen atoms in total. The molecule has 0 radical (unpaired) electrons. The van der Waals surface area contributed by atoms with E-state index in [0.717, 1.165) is 16.6 Å². The lowest BCUT2D eigenvalue weighted by atomic mass is 9.99. The van der Waals surface area contributed by atoms with Crippen molar-refractivity contribution in [3.63, 3.8) is 0 Å². The van der Waals surface area contributed by atoms with Crippen molar-refractivity contribution in [3.05, 3.63) is 68.1 Å². The minimum Gasteiger partial charge on any atom is -0.307 e. The van der Waals surface area contributed by atoms with Gasteiger partial charge in [0.15, 0.2) is 0 Å². The van der Waals surface area contributed by atoms with E-state index in [2.05, 4.69) is 40.3 Å². The molecule has 0 aliphatic rings. The summed E-state index contributed by atoms with van der Waals surface area (Å²) < 4.78 is 1.06. The molecule has 2 rings (SSSR count). The molecule has 0 aliphatic carbocycles. The van der Waals surface area contributed by atoms with Gasteiger partial charge in [-0.1, -0.05) is 64.3 Å². The van der Waals surface area contributed by atoms with Gasteiger partial charge in [-0.25, -0.2) is 0 Å². The zero-order valence-corrected chi connectivity index (χ0v) is 13.6. The minimum absolute atomic E-state index is 0.109. The van der Waals surface area contributed by atoms with E-state index >= 15 is 0 Å². The van der Waals surface area contributed by atoms with Gasteiger partial charge in [0.05, 0.1) is 16.1 Å². The van der Waals surface area contributed by atoms with Crippen LogP contribution in [0.4, 0.5) is 0 Å². The lowest BCUT2D eigenvalue weighted by molar-refractivity contribution is 0.630. The van der Waals surface area contributed by atoms with Gasteiger partial charge in [0, 0.05) is 4.47 Å². The van der Waals surface area contributed by atoms with E-state index in [1.54, 1.807) is 0 Å². The van der Waals surface area contributed by atoms with E-state index in [-0.39, 0.29) is 6.04 Å². The molecule has 4 heteroatoms. The standard InChI is InChI=1S/C15H14BrCl2N/c1-2-19-15(10-4-3-5-12(16)8-10)11-6-7-13(17)14(18)9-11/h3-9,15,19H,2H2,1H3. The highest BCUT2D eigenvalue weighted by molar-refractivity contribution is 9.10. The molecule has 100 valence electrons. The Balaban J connectivity index is 2.42. The maximum absolute atomic E-state index is 6.11. The summed E-state index contributed by atoms with van der Waals surface area (Å²) in [6.45, 7) is 2.96. The van der Waals surface area contributed by atoms with Gasteiger partial charge in [0.1, 0.15) is 0 Å². The summed E-state index contributed by atoms with van der Waals surface area (Å²) in [5.41, 5.74) is 2.30. The lowest BCUT2D eigenvalue weighted by Crippen LogP contribution is -2.21. The summed E-state index contributed by atoms with van der Waals surface area (Å²) in [6, 6.07) is 14.1. The van der Waals surface area contributed by atoms with Crippen LogP contribution < -0.4 is 5.32 Å². The second-order valence-electron chi connectivity index (χ2n) is 4.22. The van der Waals surface area contributed by atoms with Gasteiger partial charge < -0.3 is 5.32 Å². The van der Waals surface area contributed by atoms with Gasteiger partial charge in [0.2, 0.25) is 0 Å². The fourth-order valence-electron chi connectivity index (χ4n) is 2.01. The predicted molar refractivity (Wildman–Crippen MR) is 86.1 cm³/mol. The molecule has 0 spiro atoms. The molecular formula is C15H14BrCl2N. The summed E-state index contributed by atoms with van der Waals surface area (Å²) in [5, 5.41) is 4.63. The third kappa shape index (κ3) is 3.73. The van der Waals surface area contributed by atoms with Crippen LogP contribution in [-0.4, -0.2) is 6.54 Å². The first-order chi connectivity index (χ1) is 9.11. The van der Waals surface area contributed by atoms with E-state index in [1.807, 2.05) is 30.3 Å². The van der Waals surface area contributed by atoms with Gasteiger partial charge in [-0.05, 0) is 41.9 Å². The molecule has 0 fully saturated rings. The van der Waals surface area contributed by atoms with Crippen LogP contribution in [0, 0.1) is 0 Å². The highest BCUT2D eigenvalue weighted by Gasteiger charge is 2.14. The summed E-state index contributed by atoms with van der Waals surface area (Å²) in [7, 11) is 0. The second kappa shape index (κ2) is 6.76. The average Bonchev–Trinajstić information content (AvgIpc) is 2.39. The highest BCUT2D eigenvalue weighted by Crippen LogP contribution is 2.29. The van der Waals surface area contributed by atoms with Crippen molar-refractivity contribution in [2.45, 2.75) is 13.0 Å². The largest absolute Gasteiger partial charge is 0.307 e. The Morgan fingerprint density at radius 2 is 1.79 bits per heavy atom. The summed E-state index contributed by atoms with van der Waals surface area (Å²) in [6.07, 6.45) is 0. The molecule has 19 heavy (non-hydrogen) atoms. The van der Waals surface area contributed by atoms with Crippen molar-refractivity contribution >= 4 is 39.1 Å². The molecule has 1 unspecified atom stereocenters. The Kier molecular flexibility index (Phi) is 5.28. The molecule has 0 bridgehead atoms. The molecule has 0 aliphatic heterocycles. The summed E-state index contributed by atoms with van der Waals surface area (Å²) >= 11 is 15.6. The molecular weight excluding hydrogens is 345 g/mol.